The maximum Gasteiger partial charge on any atom is 0.269 e. The number of nitro groups is 1. The van der Waals surface area contributed by atoms with Crippen molar-refractivity contribution in [3.8, 4) is 0 Å². The maximum atomic E-state index is 11.5. The third-order valence-corrected chi connectivity index (χ3v) is 2.03. The number of nitrogens with zero attached hydrogens (tertiary/aromatic N) is 2. The van der Waals surface area contributed by atoms with E-state index in [9.17, 15) is 14.9 Å². The molecule has 0 atom stereocenters. The molecule has 1 heterocycles. The SMILES string of the molecule is O=C(Nc1ccc([N+](=O)[O-])cc1)c1cnoc1. The summed E-state index contributed by atoms with van der Waals surface area (Å²) in [6, 6.07) is 5.51. The Kier molecular flexibility index (Phi) is 2.82. The van der Waals surface area contributed by atoms with E-state index < -0.39 is 4.92 Å². The zero-order valence-electron chi connectivity index (χ0n) is 8.49. The van der Waals surface area contributed by atoms with Gasteiger partial charge in [0.2, 0.25) is 0 Å². The molecule has 0 aliphatic carbocycles. The minimum Gasteiger partial charge on any atom is -0.364 e. The van der Waals surface area contributed by atoms with E-state index in [1.807, 2.05) is 0 Å². The number of nitrogens with one attached hydrogen (secondary N) is 1. The van der Waals surface area contributed by atoms with Crippen molar-refractivity contribution in [3.63, 3.8) is 0 Å². The number of carbonyl (C=O) groups excluding carboxylic acids is 1. The number of benzene rings is 1. The van der Waals surface area contributed by atoms with Crippen LogP contribution in [-0.2, 0) is 0 Å². The van der Waals surface area contributed by atoms with Crippen molar-refractivity contribution in [2.24, 2.45) is 0 Å². The predicted molar refractivity (Wildman–Crippen MR) is 57.6 cm³/mol. The van der Waals surface area contributed by atoms with E-state index in [1.54, 1.807) is 0 Å². The first-order valence-electron chi connectivity index (χ1n) is 4.62. The van der Waals surface area contributed by atoms with Crippen LogP contribution >= 0.6 is 0 Å². The molecule has 0 spiro atoms. The monoisotopic (exact) mass is 233 g/mol. The lowest BCUT2D eigenvalue weighted by Gasteiger charge is -2.01. The van der Waals surface area contributed by atoms with E-state index in [4.69, 9.17) is 0 Å². The molecule has 0 saturated carbocycles. The second-order valence-corrected chi connectivity index (χ2v) is 3.17. The van der Waals surface area contributed by atoms with Crippen LogP contribution in [0.4, 0.5) is 11.4 Å². The van der Waals surface area contributed by atoms with Crippen LogP contribution in [0.5, 0.6) is 0 Å². The van der Waals surface area contributed by atoms with Gasteiger partial charge in [0.1, 0.15) is 6.26 Å². The van der Waals surface area contributed by atoms with Gasteiger partial charge in [-0.05, 0) is 12.1 Å². The van der Waals surface area contributed by atoms with E-state index in [0.717, 1.165) is 0 Å². The van der Waals surface area contributed by atoms with Crippen molar-refractivity contribution < 1.29 is 14.2 Å². The van der Waals surface area contributed by atoms with Gasteiger partial charge in [-0.3, -0.25) is 14.9 Å². The summed E-state index contributed by atoms with van der Waals surface area (Å²) in [7, 11) is 0. The summed E-state index contributed by atoms with van der Waals surface area (Å²) in [5, 5.41) is 16.4. The van der Waals surface area contributed by atoms with Gasteiger partial charge in [-0.25, -0.2) is 0 Å². The van der Waals surface area contributed by atoms with E-state index >= 15 is 0 Å². The fourth-order valence-electron chi connectivity index (χ4n) is 1.19. The average Bonchev–Trinajstić information content (AvgIpc) is 2.83. The number of carbonyl (C=O) groups is 1. The fourth-order valence-corrected chi connectivity index (χ4v) is 1.19. The van der Waals surface area contributed by atoms with E-state index in [2.05, 4.69) is 15.0 Å². The Hall–Kier alpha value is -2.70. The van der Waals surface area contributed by atoms with Gasteiger partial charge in [0, 0.05) is 17.8 Å². The Balaban J connectivity index is 2.09. The summed E-state index contributed by atoms with van der Waals surface area (Å²) in [4.78, 5) is 21.5. The molecule has 0 aliphatic heterocycles. The number of aromatic nitrogens is 1. The molecule has 2 rings (SSSR count). The second-order valence-electron chi connectivity index (χ2n) is 3.17. The number of amides is 1. The van der Waals surface area contributed by atoms with Gasteiger partial charge in [-0.2, -0.15) is 0 Å². The summed E-state index contributed by atoms with van der Waals surface area (Å²) in [5.74, 6) is -0.389. The number of anilines is 1. The number of nitro benzene ring substituents is 1. The van der Waals surface area contributed by atoms with Crippen LogP contribution in [0.2, 0.25) is 0 Å². The molecule has 0 fully saturated rings. The molecule has 86 valence electrons. The standard InChI is InChI=1S/C10H7N3O4/c14-10(7-5-11-17-6-7)12-8-1-3-9(4-2-8)13(15)16/h1-6H,(H,12,14). The minimum absolute atomic E-state index is 0.0343. The van der Waals surface area contributed by atoms with Crippen LogP contribution in [0.3, 0.4) is 0 Å². The first-order valence-corrected chi connectivity index (χ1v) is 4.62. The van der Waals surface area contributed by atoms with Gasteiger partial charge >= 0.3 is 0 Å². The lowest BCUT2D eigenvalue weighted by Crippen LogP contribution is -2.10. The maximum absolute atomic E-state index is 11.5. The highest BCUT2D eigenvalue weighted by Crippen LogP contribution is 2.16. The number of non-ortho nitro benzene ring substituents is 1. The van der Waals surface area contributed by atoms with Crippen LogP contribution in [0.1, 0.15) is 10.4 Å². The predicted octanol–water partition coefficient (Wildman–Crippen LogP) is 1.84. The molecule has 0 aliphatic rings. The van der Waals surface area contributed by atoms with E-state index in [0.29, 0.717) is 5.69 Å². The van der Waals surface area contributed by atoms with Crippen molar-refractivity contribution >= 4 is 17.3 Å². The Bertz CT molecular complexity index is 533. The van der Waals surface area contributed by atoms with Crippen molar-refractivity contribution in [3.05, 3.63) is 52.4 Å². The molecule has 7 heteroatoms. The number of hydrogen-bond donors (Lipinski definition) is 1. The molecule has 1 aromatic carbocycles. The van der Waals surface area contributed by atoms with Gasteiger partial charge in [-0.15, -0.1) is 0 Å². The zero-order chi connectivity index (χ0) is 12.3. The average molecular weight is 233 g/mol. The highest BCUT2D eigenvalue weighted by Gasteiger charge is 2.09. The summed E-state index contributed by atoms with van der Waals surface area (Å²) >= 11 is 0. The first-order chi connectivity index (χ1) is 8.16. The lowest BCUT2D eigenvalue weighted by atomic mass is 10.2. The van der Waals surface area contributed by atoms with Crippen molar-refractivity contribution in [1.29, 1.82) is 0 Å². The quantitative estimate of drug-likeness (QED) is 0.644. The van der Waals surface area contributed by atoms with E-state index in [-0.39, 0.29) is 17.2 Å². The number of rotatable bonds is 3. The van der Waals surface area contributed by atoms with Gasteiger partial charge in [-0.1, -0.05) is 5.16 Å². The molecule has 0 unspecified atom stereocenters. The van der Waals surface area contributed by atoms with Crippen molar-refractivity contribution in [2.75, 3.05) is 5.32 Å². The molecule has 2 aromatic rings. The first kappa shape index (κ1) is 10.8. The summed E-state index contributed by atoms with van der Waals surface area (Å²) in [5.41, 5.74) is 0.707. The topological polar surface area (TPSA) is 98.3 Å². The molecule has 1 aromatic heterocycles. The summed E-state index contributed by atoms with van der Waals surface area (Å²) in [6.07, 6.45) is 2.49. The molecule has 0 saturated heterocycles. The van der Waals surface area contributed by atoms with Gasteiger partial charge < -0.3 is 9.84 Å². The van der Waals surface area contributed by atoms with Gasteiger partial charge in [0.25, 0.3) is 11.6 Å². The van der Waals surface area contributed by atoms with Crippen LogP contribution in [-0.4, -0.2) is 16.0 Å². The lowest BCUT2D eigenvalue weighted by molar-refractivity contribution is -0.384. The molecule has 0 radical (unpaired) electrons. The minimum atomic E-state index is -0.508. The van der Waals surface area contributed by atoms with Gasteiger partial charge in [0.05, 0.1) is 16.7 Å². The fraction of sp³-hybridized carbons (Fsp3) is 0. The van der Waals surface area contributed by atoms with Crippen LogP contribution in [0.15, 0.2) is 41.2 Å². The molecular formula is C10H7N3O4. The molecule has 7 nitrogen and oxygen atoms in total. The molecule has 0 bridgehead atoms. The van der Waals surface area contributed by atoms with Crippen LogP contribution < -0.4 is 5.32 Å². The molecular weight excluding hydrogens is 226 g/mol. The normalized spacial score (nSPS) is 9.88. The van der Waals surface area contributed by atoms with Crippen LogP contribution in [0, 0.1) is 10.1 Å². The number of hydrogen-bond acceptors (Lipinski definition) is 5. The molecule has 1 amide bonds. The second kappa shape index (κ2) is 4.44. The van der Waals surface area contributed by atoms with Crippen molar-refractivity contribution in [2.45, 2.75) is 0 Å². The third-order valence-electron chi connectivity index (χ3n) is 2.03. The Morgan fingerprint density at radius 3 is 2.59 bits per heavy atom. The largest absolute Gasteiger partial charge is 0.364 e. The molecule has 17 heavy (non-hydrogen) atoms. The van der Waals surface area contributed by atoms with Gasteiger partial charge in [0.15, 0.2) is 0 Å². The zero-order valence-corrected chi connectivity index (χ0v) is 8.49. The third kappa shape index (κ3) is 2.46. The molecule has 1 N–H and O–H groups in total. The van der Waals surface area contributed by atoms with Crippen molar-refractivity contribution in [1.82, 2.24) is 5.16 Å². The smallest absolute Gasteiger partial charge is 0.269 e. The highest BCUT2D eigenvalue weighted by molar-refractivity contribution is 6.03. The summed E-state index contributed by atoms with van der Waals surface area (Å²) < 4.78 is 4.52. The summed E-state index contributed by atoms with van der Waals surface area (Å²) in [6.45, 7) is 0. The Labute approximate surface area is 95.2 Å². The highest BCUT2D eigenvalue weighted by atomic mass is 16.6. The Morgan fingerprint density at radius 1 is 1.35 bits per heavy atom. The van der Waals surface area contributed by atoms with E-state index in [1.165, 1.54) is 36.7 Å². The van der Waals surface area contributed by atoms with Crippen LogP contribution in [0.25, 0.3) is 0 Å². The Morgan fingerprint density at radius 2 is 2.06 bits per heavy atom.